The number of hydrogen-bond acceptors (Lipinski definition) is 6. The van der Waals surface area contributed by atoms with Gasteiger partial charge in [-0.15, -0.1) is 23.1 Å². The van der Waals surface area contributed by atoms with Gasteiger partial charge in [-0.25, -0.2) is 9.78 Å². The molecule has 2 aromatic rings. The molecule has 1 aromatic carbocycles. The summed E-state index contributed by atoms with van der Waals surface area (Å²) >= 11 is 3.31. The predicted octanol–water partition coefficient (Wildman–Crippen LogP) is 3.42. The number of nitriles is 1. The third-order valence-corrected chi connectivity index (χ3v) is 4.28. The van der Waals surface area contributed by atoms with Crippen LogP contribution in [0.2, 0.25) is 0 Å². The van der Waals surface area contributed by atoms with Crippen LogP contribution in [0.5, 0.6) is 0 Å². The number of hydrogen-bond donors (Lipinski definition) is 0. The summed E-state index contributed by atoms with van der Waals surface area (Å²) in [5.74, 6) is 0.334. The molecule has 2 rings (SSSR count). The fraction of sp³-hybridized carbons (Fsp3) is 0.214. The highest BCUT2D eigenvalue weighted by Gasteiger charge is 2.07. The molecule has 0 unspecified atom stereocenters. The number of ether oxygens (including phenoxy) is 1. The largest absolute Gasteiger partial charge is 0.447 e. The first-order chi connectivity index (χ1) is 9.69. The van der Waals surface area contributed by atoms with E-state index in [4.69, 9.17) is 10.00 Å². The summed E-state index contributed by atoms with van der Waals surface area (Å²) in [7, 11) is 0. The molecule has 0 saturated heterocycles. The van der Waals surface area contributed by atoms with Crippen molar-refractivity contribution in [2.24, 2.45) is 0 Å². The molecule has 0 saturated carbocycles. The molecule has 0 fully saturated rings. The number of rotatable bonds is 5. The Morgan fingerprint density at radius 1 is 1.45 bits per heavy atom. The van der Waals surface area contributed by atoms with Gasteiger partial charge in [0.1, 0.15) is 6.07 Å². The summed E-state index contributed by atoms with van der Waals surface area (Å²) in [6, 6.07) is 8.91. The second-order valence-corrected chi connectivity index (χ2v) is 6.02. The van der Waals surface area contributed by atoms with E-state index in [1.807, 2.05) is 19.1 Å². The second kappa shape index (κ2) is 7.08. The molecule has 0 N–H and O–H groups in total. The molecule has 0 bridgehead atoms. The topological polar surface area (TPSA) is 63.0 Å². The fourth-order valence-corrected chi connectivity index (χ4v) is 3.01. The van der Waals surface area contributed by atoms with Crippen molar-refractivity contribution in [1.29, 1.82) is 5.26 Å². The molecule has 0 aliphatic rings. The van der Waals surface area contributed by atoms with Crippen molar-refractivity contribution in [2.45, 2.75) is 17.6 Å². The first kappa shape index (κ1) is 14.6. The average Bonchev–Trinajstić information content (AvgIpc) is 2.89. The number of esters is 1. The fourth-order valence-electron chi connectivity index (χ4n) is 1.50. The van der Waals surface area contributed by atoms with Crippen LogP contribution in [0.15, 0.2) is 34.5 Å². The van der Waals surface area contributed by atoms with Crippen LogP contribution in [-0.2, 0) is 10.5 Å². The smallest absolute Gasteiger partial charge is 0.339 e. The van der Waals surface area contributed by atoms with Crippen LogP contribution in [0.4, 0.5) is 0 Å². The number of aryl methyl sites for hydroxylation is 1. The van der Waals surface area contributed by atoms with E-state index < -0.39 is 5.97 Å². The highest BCUT2D eigenvalue weighted by molar-refractivity contribution is 7.98. The number of nitrogens with zero attached hydrogens (tertiary/aromatic N) is 2. The van der Waals surface area contributed by atoms with Gasteiger partial charge < -0.3 is 4.74 Å². The minimum Gasteiger partial charge on any atom is -0.447 e. The Labute approximate surface area is 125 Å². The maximum atomic E-state index is 11.5. The van der Waals surface area contributed by atoms with Crippen molar-refractivity contribution in [2.75, 3.05) is 6.61 Å². The maximum Gasteiger partial charge on any atom is 0.339 e. The molecule has 4 nitrogen and oxygen atoms in total. The van der Waals surface area contributed by atoms with E-state index in [2.05, 4.69) is 10.4 Å². The van der Waals surface area contributed by atoms with Crippen LogP contribution in [0.3, 0.4) is 0 Å². The zero-order valence-corrected chi connectivity index (χ0v) is 12.5. The molecule has 1 heterocycles. The Hall–Kier alpha value is -1.84. The van der Waals surface area contributed by atoms with Gasteiger partial charge in [0.2, 0.25) is 0 Å². The van der Waals surface area contributed by atoms with E-state index in [-0.39, 0.29) is 6.61 Å². The number of thiazole rings is 1. The third kappa shape index (κ3) is 4.08. The lowest BCUT2D eigenvalue weighted by Gasteiger charge is -2.02. The second-order valence-electron chi connectivity index (χ2n) is 3.91. The molecule has 6 heteroatoms. The molecule has 102 valence electrons. The molecule has 0 spiro atoms. The summed E-state index contributed by atoms with van der Waals surface area (Å²) in [4.78, 5) is 17.0. The normalized spacial score (nSPS) is 10.0. The molecule has 0 aliphatic carbocycles. The van der Waals surface area contributed by atoms with E-state index in [0.29, 0.717) is 5.56 Å². The molecule has 0 amide bonds. The first-order valence-corrected chi connectivity index (χ1v) is 7.73. The van der Waals surface area contributed by atoms with E-state index in [0.717, 1.165) is 21.3 Å². The van der Waals surface area contributed by atoms with Crippen molar-refractivity contribution >= 4 is 29.1 Å². The molecule has 0 atom stereocenters. The minimum absolute atomic E-state index is 0.224. The quantitative estimate of drug-likeness (QED) is 0.625. The van der Waals surface area contributed by atoms with Gasteiger partial charge in [-0.3, -0.25) is 0 Å². The van der Waals surface area contributed by atoms with Crippen molar-refractivity contribution in [3.63, 3.8) is 0 Å². The SMILES string of the molecule is Cc1nc(CSc2ccc(C(=O)OCC#N)cc2)cs1. The van der Waals surface area contributed by atoms with Crippen LogP contribution >= 0.6 is 23.1 Å². The summed E-state index contributed by atoms with van der Waals surface area (Å²) in [6.07, 6.45) is 0. The molecule has 20 heavy (non-hydrogen) atoms. The van der Waals surface area contributed by atoms with Crippen LogP contribution in [0.25, 0.3) is 0 Å². The van der Waals surface area contributed by atoms with Crippen molar-refractivity contribution in [1.82, 2.24) is 4.98 Å². The van der Waals surface area contributed by atoms with E-state index in [1.54, 1.807) is 41.3 Å². The number of thioether (sulfide) groups is 1. The Kier molecular flexibility index (Phi) is 5.16. The zero-order valence-electron chi connectivity index (χ0n) is 10.8. The monoisotopic (exact) mass is 304 g/mol. The van der Waals surface area contributed by atoms with E-state index in [1.165, 1.54) is 0 Å². The Bertz CT molecular complexity index is 629. The van der Waals surface area contributed by atoms with Gasteiger partial charge in [0.25, 0.3) is 0 Å². The van der Waals surface area contributed by atoms with Crippen LogP contribution in [0.1, 0.15) is 21.1 Å². The van der Waals surface area contributed by atoms with Gasteiger partial charge in [0.05, 0.1) is 16.3 Å². The molecular formula is C14H12N2O2S2. The van der Waals surface area contributed by atoms with Gasteiger partial charge in [-0.05, 0) is 31.2 Å². The van der Waals surface area contributed by atoms with Crippen LogP contribution in [-0.4, -0.2) is 17.6 Å². The average molecular weight is 304 g/mol. The van der Waals surface area contributed by atoms with Crippen LogP contribution < -0.4 is 0 Å². The standard InChI is InChI=1S/C14H12N2O2S2/c1-10-16-12(8-19-10)9-20-13-4-2-11(3-5-13)14(17)18-7-6-15/h2-5,8H,7,9H2,1H3. The van der Waals surface area contributed by atoms with Gasteiger partial charge in [0, 0.05) is 16.0 Å². The molecule has 0 aliphatic heterocycles. The van der Waals surface area contributed by atoms with E-state index >= 15 is 0 Å². The zero-order chi connectivity index (χ0) is 14.4. The lowest BCUT2D eigenvalue weighted by atomic mass is 10.2. The highest BCUT2D eigenvalue weighted by atomic mass is 32.2. The summed E-state index contributed by atoms with van der Waals surface area (Å²) in [6.45, 7) is 1.76. The Morgan fingerprint density at radius 2 is 2.20 bits per heavy atom. The third-order valence-electron chi connectivity index (χ3n) is 2.41. The molecule has 1 aromatic heterocycles. The summed E-state index contributed by atoms with van der Waals surface area (Å²) < 4.78 is 4.73. The van der Waals surface area contributed by atoms with E-state index in [9.17, 15) is 4.79 Å². The van der Waals surface area contributed by atoms with Crippen molar-refractivity contribution in [3.05, 3.63) is 45.9 Å². The highest BCUT2D eigenvalue weighted by Crippen LogP contribution is 2.23. The number of aromatic nitrogens is 1. The minimum atomic E-state index is -0.474. The lowest BCUT2D eigenvalue weighted by molar-refractivity contribution is 0.0555. The number of carbonyl (C=O) groups is 1. The van der Waals surface area contributed by atoms with Gasteiger partial charge in [-0.1, -0.05) is 0 Å². The van der Waals surface area contributed by atoms with Crippen molar-refractivity contribution in [3.8, 4) is 6.07 Å². The molecule has 0 radical (unpaired) electrons. The number of benzene rings is 1. The van der Waals surface area contributed by atoms with Gasteiger partial charge in [-0.2, -0.15) is 5.26 Å². The Morgan fingerprint density at radius 3 is 2.80 bits per heavy atom. The maximum absolute atomic E-state index is 11.5. The van der Waals surface area contributed by atoms with Crippen LogP contribution in [0, 0.1) is 18.3 Å². The first-order valence-electron chi connectivity index (χ1n) is 5.87. The van der Waals surface area contributed by atoms with Crippen molar-refractivity contribution < 1.29 is 9.53 Å². The molecular weight excluding hydrogens is 292 g/mol. The predicted molar refractivity (Wildman–Crippen MR) is 78.7 cm³/mol. The lowest BCUT2D eigenvalue weighted by Crippen LogP contribution is -2.04. The summed E-state index contributed by atoms with van der Waals surface area (Å²) in [5, 5.41) is 11.5. The Balaban J connectivity index is 1.91. The summed E-state index contributed by atoms with van der Waals surface area (Å²) in [5.41, 5.74) is 1.52. The number of carbonyl (C=O) groups excluding carboxylic acids is 1. The van der Waals surface area contributed by atoms with Gasteiger partial charge >= 0.3 is 5.97 Å². The van der Waals surface area contributed by atoms with Gasteiger partial charge in [0.15, 0.2) is 6.61 Å².